The van der Waals surface area contributed by atoms with Gasteiger partial charge in [-0.3, -0.25) is 9.89 Å². The molecule has 0 aromatic carbocycles. The number of carbonyl (C=O) groups excluding carboxylic acids is 1. The summed E-state index contributed by atoms with van der Waals surface area (Å²) in [6, 6.07) is 1.92. The minimum atomic E-state index is -0.317. The van der Waals surface area contributed by atoms with Gasteiger partial charge in [0.25, 0.3) is 0 Å². The number of amides is 1. The van der Waals surface area contributed by atoms with Crippen LogP contribution in [0.2, 0.25) is 0 Å². The number of aromatic amines is 1. The summed E-state index contributed by atoms with van der Waals surface area (Å²) in [6.45, 7) is 5.87. The van der Waals surface area contributed by atoms with Crippen LogP contribution in [0.15, 0.2) is 6.07 Å². The molecule has 0 radical (unpaired) electrons. The molecule has 5 nitrogen and oxygen atoms in total. The van der Waals surface area contributed by atoms with Gasteiger partial charge in [-0.15, -0.1) is 0 Å². The molecule has 18 heavy (non-hydrogen) atoms. The zero-order valence-electron chi connectivity index (χ0n) is 11.2. The Morgan fingerprint density at radius 3 is 3.11 bits per heavy atom. The van der Waals surface area contributed by atoms with Gasteiger partial charge in [-0.05, 0) is 32.7 Å². The van der Waals surface area contributed by atoms with E-state index >= 15 is 0 Å². The van der Waals surface area contributed by atoms with Crippen molar-refractivity contribution in [3.63, 3.8) is 0 Å². The van der Waals surface area contributed by atoms with Gasteiger partial charge in [-0.25, -0.2) is 0 Å². The monoisotopic (exact) mass is 250 g/mol. The molecule has 0 aliphatic carbocycles. The first kappa shape index (κ1) is 13.1. The lowest BCUT2D eigenvalue weighted by Gasteiger charge is -2.32. The van der Waals surface area contributed by atoms with Gasteiger partial charge in [0, 0.05) is 18.3 Å². The van der Waals surface area contributed by atoms with Crippen LogP contribution in [0.5, 0.6) is 0 Å². The second-order valence-corrected chi connectivity index (χ2v) is 5.32. The predicted molar refractivity (Wildman–Crippen MR) is 71.4 cm³/mol. The van der Waals surface area contributed by atoms with Crippen molar-refractivity contribution in [2.75, 3.05) is 18.4 Å². The van der Waals surface area contributed by atoms with Crippen LogP contribution in [0.1, 0.15) is 38.8 Å². The van der Waals surface area contributed by atoms with Gasteiger partial charge in [0.05, 0.1) is 5.41 Å². The van der Waals surface area contributed by atoms with Crippen molar-refractivity contribution in [1.82, 2.24) is 15.5 Å². The molecule has 1 unspecified atom stereocenters. The van der Waals surface area contributed by atoms with E-state index in [4.69, 9.17) is 0 Å². The van der Waals surface area contributed by atoms with Crippen molar-refractivity contribution in [2.24, 2.45) is 5.41 Å². The second-order valence-electron chi connectivity index (χ2n) is 5.32. The number of hydrogen-bond acceptors (Lipinski definition) is 3. The van der Waals surface area contributed by atoms with Crippen LogP contribution in [0.25, 0.3) is 0 Å². The van der Waals surface area contributed by atoms with Crippen LogP contribution in [0.3, 0.4) is 0 Å². The summed E-state index contributed by atoms with van der Waals surface area (Å²) in [7, 11) is 0. The van der Waals surface area contributed by atoms with E-state index in [0.717, 1.165) is 44.5 Å². The van der Waals surface area contributed by atoms with Crippen LogP contribution in [-0.4, -0.2) is 29.2 Å². The summed E-state index contributed by atoms with van der Waals surface area (Å²) in [4.78, 5) is 12.3. The summed E-state index contributed by atoms with van der Waals surface area (Å²) in [5, 5.41) is 13.3. The van der Waals surface area contributed by atoms with Gasteiger partial charge in [0.2, 0.25) is 5.91 Å². The highest BCUT2D eigenvalue weighted by Gasteiger charge is 2.34. The Hall–Kier alpha value is -1.36. The van der Waals surface area contributed by atoms with E-state index in [1.165, 1.54) is 0 Å². The second kappa shape index (κ2) is 5.52. The summed E-state index contributed by atoms with van der Waals surface area (Å²) in [5.41, 5.74) is 0.752. The maximum absolute atomic E-state index is 12.3. The zero-order chi connectivity index (χ0) is 13.0. The predicted octanol–water partition coefficient (Wildman–Crippen LogP) is 1.69. The van der Waals surface area contributed by atoms with Crippen LogP contribution in [0, 0.1) is 5.41 Å². The fourth-order valence-electron chi connectivity index (χ4n) is 2.34. The molecule has 1 fully saturated rings. The van der Waals surface area contributed by atoms with Crippen molar-refractivity contribution in [2.45, 2.75) is 39.5 Å². The number of piperidine rings is 1. The van der Waals surface area contributed by atoms with Crippen molar-refractivity contribution in [3.05, 3.63) is 11.8 Å². The molecule has 1 atom stereocenters. The largest absolute Gasteiger partial charge is 0.316 e. The first-order valence-corrected chi connectivity index (χ1v) is 6.70. The number of rotatable bonds is 4. The van der Waals surface area contributed by atoms with E-state index in [1.807, 2.05) is 13.0 Å². The first-order valence-electron chi connectivity index (χ1n) is 6.70. The van der Waals surface area contributed by atoms with E-state index < -0.39 is 0 Å². The smallest absolute Gasteiger partial charge is 0.232 e. The average molecular weight is 250 g/mol. The molecule has 5 heteroatoms. The molecule has 1 aliphatic rings. The average Bonchev–Trinajstić information content (AvgIpc) is 2.78. The lowest BCUT2D eigenvalue weighted by molar-refractivity contribution is -0.125. The number of H-pyrrole nitrogens is 1. The Balaban J connectivity index is 1.97. The van der Waals surface area contributed by atoms with E-state index in [-0.39, 0.29) is 11.3 Å². The molecule has 3 N–H and O–H groups in total. The van der Waals surface area contributed by atoms with Gasteiger partial charge in [-0.2, -0.15) is 5.10 Å². The van der Waals surface area contributed by atoms with E-state index in [2.05, 4.69) is 27.8 Å². The standard InChI is InChI=1S/C13H22N4O/c1-3-5-10-8-11(17-16-10)15-12(18)13(2)6-4-7-14-9-13/h8,14H,3-7,9H2,1-2H3,(H2,15,16,17,18). The van der Waals surface area contributed by atoms with Crippen molar-refractivity contribution in [3.8, 4) is 0 Å². The number of aryl methyl sites for hydroxylation is 1. The van der Waals surface area contributed by atoms with Crippen molar-refractivity contribution < 1.29 is 4.79 Å². The minimum absolute atomic E-state index is 0.0595. The van der Waals surface area contributed by atoms with E-state index in [1.54, 1.807) is 0 Å². The molecular formula is C13H22N4O. The molecule has 0 bridgehead atoms. The molecule has 2 heterocycles. The minimum Gasteiger partial charge on any atom is -0.316 e. The van der Waals surface area contributed by atoms with Gasteiger partial charge >= 0.3 is 0 Å². The molecule has 1 aromatic rings. The third-order valence-electron chi connectivity index (χ3n) is 3.54. The maximum Gasteiger partial charge on any atom is 0.232 e. The van der Waals surface area contributed by atoms with Gasteiger partial charge in [0.1, 0.15) is 0 Å². The fourth-order valence-corrected chi connectivity index (χ4v) is 2.34. The number of hydrogen-bond donors (Lipinski definition) is 3. The summed E-state index contributed by atoms with van der Waals surface area (Å²) < 4.78 is 0. The quantitative estimate of drug-likeness (QED) is 0.761. The Labute approximate surface area is 108 Å². The van der Waals surface area contributed by atoms with Crippen LogP contribution < -0.4 is 10.6 Å². The molecule has 1 aliphatic heterocycles. The number of anilines is 1. The number of carbonyl (C=O) groups is 1. The molecule has 1 saturated heterocycles. The SMILES string of the molecule is CCCc1cc(NC(=O)C2(C)CCCNC2)n[nH]1. The Morgan fingerprint density at radius 1 is 1.61 bits per heavy atom. The normalized spacial score (nSPS) is 23.9. The molecule has 0 spiro atoms. The zero-order valence-corrected chi connectivity index (χ0v) is 11.2. The Morgan fingerprint density at radius 2 is 2.44 bits per heavy atom. The topological polar surface area (TPSA) is 69.8 Å². The highest BCUT2D eigenvalue weighted by atomic mass is 16.2. The van der Waals surface area contributed by atoms with E-state index in [9.17, 15) is 4.79 Å². The third-order valence-corrected chi connectivity index (χ3v) is 3.54. The molecule has 1 amide bonds. The maximum atomic E-state index is 12.3. The highest BCUT2D eigenvalue weighted by molar-refractivity contribution is 5.94. The summed E-state index contributed by atoms with van der Waals surface area (Å²) in [5.74, 6) is 0.694. The first-order chi connectivity index (χ1) is 8.64. The van der Waals surface area contributed by atoms with Crippen LogP contribution in [-0.2, 0) is 11.2 Å². The summed E-state index contributed by atoms with van der Waals surface area (Å²) >= 11 is 0. The molecular weight excluding hydrogens is 228 g/mol. The van der Waals surface area contributed by atoms with Crippen molar-refractivity contribution in [1.29, 1.82) is 0 Å². The molecule has 2 rings (SSSR count). The van der Waals surface area contributed by atoms with Gasteiger partial charge < -0.3 is 10.6 Å². The lowest BCUT2D eigenvalue weighted by atomic mass is 9.82. The fraction of sp³-hybridized carbons (Fsp3) is 0.692. The van der Waals surface area contributed by atoms with Crippen LogP contribution >= 0.6 is 0 Å². The number of nitrogens with one attached hydrogen (secondary N) is 3. The molecule has 0 saturated carbocycles. The summed E-state index contributed by atoms with van der Waals surface area (Å²) in [6.07, 6.45) is 4.00. The molecule has 1 aromatic heterocycles. The Bertz CT molecular complexity index is 407. The Kier molecular flexibility index (Phi) is 4.01. The number of aromatic nitrogens is 2. The molecule has 100 valence electrons. The third kappa shape index (κ3) is 2.90. The van der Waals surface area contributed by atoms with E-state index in [0.29, 0.717) is 5.82 Å². The van der Waals surface area contributed by atoms with Crippen LogP contribution in [0.4, 0.5) is 5.82 Å². The van der Waals surface area contributed by atoms with Crippen molar-refractivity contribution >= 4 is 11.7 Å². The van der Waals surface area contributed by atoms with Gasteiger partial charge in [0.15, 0.2) is 5.82 Å². The van der Waals surface area contributed by atoms with Gasteiger partial charge in [-0.1, -0.05) is 13.3 Å². The number of nitrogens with zero attached hydrogens (tertiary/aromatic N) is 1. The lowest BCUT2D eigenvalue weighted by Crippen LogP contribution is -2.46. The highest BCUT2D eigenvalue weighted by Crippen LogP contribution is 2.26.